The molecule has 0 spiro atoms. The number of aromatic nitrogens is 1. The van der Waals surface area contributed by atoms with Gasteiger partial charge in [-0.05, 0) is 30.0 Å². The molecular weight excluding hydrogens is 276 g/mol. The molecule has 2 rings (SSSR count). The maximum absolute atomic E-state index is 12.5. The van der Waals surface area contributed by atoms with Crippen molar-refractivity contribution < 1.29 is 4.74 Å². The molecule has 0 amide bonds. The zero-order valence-electron chi connectivity index (χ0n) is 13.3. The van der Waals surface area contributed by atoms with Crippen molar-refractivity contribution in [2.24, 2.45) is 5.73 Å². The van der Waals surface area contributed by atoms with Gasteiger partial charge in [-0.2, -0.15) is 0 Å². The fourth-order valence-corrected chi connectivity index (χ4v) is 2.49. The first-order valence-electron chi connectivity index (χ1n) is 7.70. The van der Waals surface area contributed by atoms with E-state index in [0.717, 1.165) is 18.4 Å². The highest BCUT2D eigenvalue weighted by molar-refractivity contribution is 5.32. The van der Waals surface area contributed by atoms with Crippen molar-refractivity contribution in [3.8, 4) is 0 Å². The monoisotopic (exact) mass is 300 g/mol. The molecule has 22 heavy (non-hydrogen) atoms. The minimum Gasteiger partial charge on any atom is -0.385 e. The van der Waals surface area contributed by atoms with Crippen LogP contribution in [-0.4, -0.2) is 18.3 Å². The van der Waals surface area contributed by atoms with Crippen molar-refractivity contribution in [2.45, 2.75) is 32.4 Å². The van der Waals surface area contributed by atoms with E-state index in [1.807, 2.05) is 24.3 Å². The Morgan fingerprint density at radius 3 is 2.59 bits per heavy atom. The van der Waals surface area contributed by atoms with Gasteiger partial charge in [-0.1, -0.05) is 37.3 Å². The van der Waals surface area contributed by atoms with Gasteiger partial charge in [0.1, 0.15) is 0 Å². The molecule has 0 fully saturated rings. The highest BCUT2D eigenvalue weighted by Gasteiger charge is 2.13. The zero-order chi connectivity index (χ0) is 15.9. The zero-order valence-corrected chi connectivity index (χ0v) is 13.3. The molecule has 0 bridgehead atoms. The summed E-state index contributed by atoms with van der Waals surface area (Å²) in [7, 11) is 1.66. The molecule has 0 aliphatic rings. The lowest BCUT2D eigenvalue weighted by molar-refractivity contribution is 0.190. The van der Waals surface area contributed by atoms with Crippen molar-refractivity contribution in [1.29, 1.82) is 0 Å². The Hall–Kier alpha value is -1.91. The van der Waals surface area contributed by atoms with Crippen LogP contribution in [0.25, 0.3) is 0 Å². The van der Waals surface area contributed by atoms with Crippen molar-refractivity contribution in [2.75, 3.05) is 13.7 Å². The van der Waals surface area contributed by atoms with Crippen LogP contribution in [0, 0.1) is 0 Å². The summed E-state index contributed by atoms with van der Waals surface area (Å²) in [5.41, 5.74) is 9.13. The molecule has 0 aliphatic carbocycles. The molecule has 118 valence electrons. The first-order valence-corrected chi connectivity index (χ1v) is 7.70. The van der Waals surface area contributed by atoms with Gasteiger partial charge in [0.25, 0.3) is 5.56 Å². The minimum absolute atomic E-state index is 0.0225. The van der Waals surface area contributed by atoms with Crippen molar-refractivity contribution in [3.05, 3.63) is 69.6 Å². The quantitative estimate of drug-likeness (QED) is 0.799. The van der Waals surface area contributed by atoms with Crippen LogP contribution < -0.4 is 11.3 Å². The van der Waals surface area contributed by atoms with Crippen LogP contribution in [0.5, 0.6) is 0 Å². The van der Waals surface area contributed by atoms with Crippen LogP contribution in [0.1, 0.15) is 36.1 Å². The number of methoxy groups -OCH3 is 1. The summed E-state index contributed by atoms with van der Waals surface area (Å²) in [4.78, 5) is 12.5. The van der Waals surface area contributed by atoms with Gasteiger partial charge in [-0.15, -0.1) is 0 Å². The molecule has 0 radical (unpaired) electrons. The largest absolute Gasteiger partial charge is 0.385 e. The van der Waals surface area contributed by atoms with Gasteiger partial charge >= 0.3 is 0 Å². The number of aryl methyl sites for hydroxylation is 2. The molecule has 0 saturated carbocycles. The number of hydrogen-bond donors (Lipinski definition) is 1. The Labute approximate surface area is 131 Å². The maximum atomic E-state index is 12.5. The third kappa shape index (κ3) is 3.84. The van der Waals surface area contributed by atoms with Crippen molar-refractivity contribution in [1.82, 2.24) is 4.57 Å². The molecule has 1 heterocycles. The second kappa shape index (κ2) is 7.92. The first-order chi connectivity index (χ1) is 10.7. The molecule has 1 atom stereocenters. The standard InChI is InChI=1S/C18H24N2O2/c1-3-14-7-9-15(10-8-14)17(19)16-6-4-11-20(18(16)21)12-5-13-22-2/h4,6-11,17H,3,5,12-13,19H2,1-2H3. The summed E-state index contributed by atoms with van der Waals surface area (Å²) >= 11 is 0. The van der Waals surface area contributed by atoms with Gasteiger partial charge in [-0.25, -0.2) is 0 Å². The van der Waals surface area contributed by atoms with E-state index in [9.17, 15) is 4.79 Å². The summed E-state index contributed by atoms with van der Waals surface area (Å²) in [6.07, 6.45) is 3.60. The molecule has 4 nitrogen and oxygen atoms in total. The Balaban J connectivity index is 2.23. The lowest BCUT2D eigenvalue weighted by Gasteiger charge is -2.14. The molecule has 1 aromatic heterocycles. The van der Waals surface area contributed by atoms with Crippen LogP contribution in [0.4, 0.5) is 0 Å². The topological polar surface area (TPSA) is 57.2 Å². The van der Waals surface area contributed by atoms with Gasteiger partial charge in [0.2, 0.25) is 0 Å². The summed E-state index contributed by atoms with van der Waals surface area (Å²) < 4.78 is 6.74. The highest BCUT2D eigenvalue weighted by atomic mass is 16.5. The van der Waals surface area contributed by atoms with Crippen LogP contribution in [0.2, 0.25) is 0 Å². The molecule has 0 saturated heterocycles. The smallest absolute Gasteiger partial charge is 0.255 e. The SMILES string of the molecule is CCc1ccc(C(N)c2cccn(CCCOC)c2=O)cc1. The third-order valence-electron chi connectivity index (χ3n) is 3.88. The predicted molar refractivity (Wildman–Crippen MR) is 89.0 cm³/mol. The predicted octanol–water partition coefficient (Wildman–Crippen LogP) is 2.50. The second-order valence-corrected chi connectivity index (χ2v) is 5.38. The molecule has 0 aliphatic heterocycles. The summed E-state index contributed by atoms with van der Waals surface area (Å²) in [5, 5.41) is 0. The number of nitrogens with zero attached hydrogens (tertiary/aromatic N) is 1. The normalized spacial score (nSPS) is 12.3. The Morgan fingerprint density at radius 2 is 1.95 bits per heavy atom. The van der Waals surface area contributed by atoms with E-state index in [2.05, 4.69) is 19.1 Å². The number of pyridine rings is 1. The highest BCUT2D eigenvalue weighted by Crippen LogP contribution is 2.17. The van der Waals surface area contributed by atoms with Gasteiger partial charge in [-0.3, -0.25) is 4.79 Å². The molecule has 1 aromatic carbocycles. The lowest BCUT2D eigenvalue weighted by atomic mass is 9.99. The van der Waals surface area contributed by atoms with E-state index in [1.165, 1.54) is 5.56 Å². The van der Waals surface area contributed by atoms with Gasteiger partial charge in [0.15, 0.2) is 0 Å². The number of ether oxygens (including phenoxy) is 1. The number of nitrogens with two attached hydrogens (primary N) is 1. The second-order valence-electron chi connectivity index (χ2n) is 5.38. The summed E-state index contributed by atoms with van der Waals surface area (Å²) in [5.74, 6) is 0. The number of rotatable bonds is 7. The Morgan fingerprint density at radius 1 is 1.23 bits per heavy atom. The van der Waals surface area contributed by atoms with Crippen LogP contribution in [-0.2, 0) is 17.7 Å². The Bertz CT molecular complexity index is 647. The average molecular weight is 300 g/mol. The van der Waals surface area contributed by atoms with Gasteiger partial charge in [0.05, 0.1) is 6.04 Å². The number of benzene rings is 1. The van der Waals surface area contributed by atoms with E-state index in [0.29, 0.717) is 18.7 Å². The summed E-state index contributed by atoms with van der Waals surface area (Å²) in [6.45, 7) is 3.40. The van der Waals surface area contributed by atoms with E-state index >= 15 is 0 Å². The van der Waals surface area contributed by atoms with E-state index in [4.69, 9.17) is 10.5 Å². The Kier molecular flexibility index (Phi) is 5.92. The van der Waals surface area contributed by atoms with Gasteiger partial charge in [0, 0.05) is 32.0 Å². The van der Waals surface area contributed by atoms with Crippen molar-refractivity contribution in [3.63, 3.8) is 0 Å². The fourth-order valence-electron chi connectivity index (χ4n) is 2.49. The van der Waals surface area contributed by atoms with E-state index in [-0.39, 0.29) is 5.56 Å². The first kappa shape index (κ1) is 16.5. The maximum Gasteiger partial charge on any atom is 0.255 e. The van der Waals surface area contributed by atoms with Crippen LogP contribution in [0.15, 0.2) is 47.4 Å². The van der Waals surface area contributed by atoms with Crippen molar-refractivity contribution >= 4 is 0 Å². The van der Waals surface area contributed by atoms with Gasteiger partial charge < -0.3 is 15.0 Å². The van der Waals surface area contributed by atoms with Crippen LogP contribution >= 0.6 is 0 Å². The molecule has 1 unspecified atom stereocenters. The third-order valence-corrected chi connectivity index (χ3v) is 3.88. The fraction of sp³-hybridized carbons (Fsp3) is 0.389. The lowest BCUT2D eigenvalue weighted by Crippen LogP contribution is -2.28. The average Bonchev–Trinajstić information content (AvgIpc) is 2.56. The van der Waals surface area contributed by atoms with E-state index in [1.54, 1.807) is 17.9 Å². The number of hydrogen-bond acceptors (Lipinski definition) is 3. The molecule has 4 heteroatoms. The van der Waals surface area contributed by atoms with E-state index < -0.39 is 6.04 Å². The van der Waals surface area contributed by atoms with Crippen LogP contribution in [0.3, 0.4) is 0 Å². The summed E-state index contributed by atoms with van der Waals surface area (Å²) in [6, 6.07) is 11.4. The molecule has 2 N–H and O–H groups in total. The molecule has 2 aromatic rings. The molecular formula is C18H24N2O2. The minimum atomic E-state index is -0.395.